The molecule has 1 unspecified atom stereocenters. The van der Waals surface area contributed by atoms with Crippen molar-refractivity contribution in [3.8, 4) is 0 Å². The van der Waals surface area contributed by atoms with E-state index in [-0.39, 0.29) is 11.9 Å². The summed E-state index contributed by atoms with van der Waals surface area (Å²) in [6, 6.07) is 6.15. The van der Waals surface area contributed by atoms with Crippen LogP contribution in [0.4, 0.5) is 15.9 Å². The highest BCUT2D eigenvalue weighted by Crippen LogP contribution is 2.32. The maximum Gasteiger partial charge on any atom is 0.254 e. The summed E-state index contributed by atoms with van der Waals surface area (Å²) in [5.74, 6) is 0.753. The number of nitrogens with one attached hydrogen (secondary N) is 1. The molecular weight excluding hydrogens is 396 g/mol. The molecule has 0 spiro atoms. The zero-order valence-corrected chi connectivity index (χ0v) is 18.1. The average Bonchev–Trinajstić information content (AvgIpc) is 3.18. The quantitative estimate of drug-likeness (QED) is 0.663. The van der Waals surface area contributed by atoms with Crippen molar-refractivity contribution in [2.24, 2.45) is 11.7 Å². The van der Waals surface area contributed by atoms with Gasteiger partial charge in [0.25, 0.3) is 5.91 Å². The zero-order chi connectivity index (χ0) is 21.8. The topological polar surface area (TPSA) is 85.4 Å². The predicted octanol–water partition coefficient (Wildman–Crippen LogP) is 2.35. The van der Waals surface area contributed by atoms with Gasteiger partial charge in [-0.25, -0.2) is 4.39 Å². The summed E-state index contributed by atoms with van der Waals surface area (Å²) in [6.45, 7) is 4.97. The van der Waals surface area contributed by atoms with E-state index in [1.54, 1.807) is 18.3 Å². The summed E-state index contributed by atoms with van der Waals surface area (Å²) >= 11 is 0. The first-order valence-corrected chi connectivity index (χ1v) is 11.2. The van der Waals surface area contributed by atoms with Crippen LogP contribution in [0.1, 0.15) is 42.1 Å². The van der Waals surface area contributed by atoms with Gasteiger partial charge in [-0.3, -0.25) is 9.48 Å². The fraction of sp³-hybridized carbons (Fsp3) is 0.545. The van der Waals surface area contributed by atoms with Crippen LogP contribution in [-0.2, 0) is 4.74 Å². The van der Waals surface area contributed by atoms with Crippen molar-refractivity contribution in [3.63, 3.8) is 0 Å². The number of halogens is 1. The predicted molar refractivity (Wildman–Crippen MR) is 121 cm³/mol. The number of piperidine rings is 1. The number of benzene rings is 1. The van der Waals surface area contributed by atoms with Gasteiger partial charge in [-0.1, -0.05) is 0 Å². The molecule has 2 aliphatic rings. The first-order valence-electron chi connectivity index (χ1n) is 11.2. The van der Waals surface area contributed by atoms with E-state index >= 15 is 0 Å². The van der Waals surface area contributed by atoms with Gasteiger partial charge in [0.05, 0.1) is 6.04 Å². The van der Waals surface area contributed by atoms with Crippen molar-refractivity contribution >= 4 is 25.3 Å². The Bertz CT molecular complexity index is 885. The number of likely N-dealkylation sites (tertiary alicyclic amines) is 1. The molecule has 1 aromatic heterocycles. The maximum absolute atomic E-state index is 13.2. The molecule has 0 saturated carbocycles. The Morgan fingerprint density at radius 3 is 2.68 bits per heavy atom. The van der Waals surface area contributed by atoms with Gasteiger partial charge in [-0.15, -0.1) is 0 Å². The number of nitrogens with zero attached hydrogens (tertiary/aromatic N) is 3. The Balaban J connectivity index is 1.39. The molecule has 1 amide bonds. The summed E-state index contributed by atoms with van der Waals surface area (Å²) < 4.78 is 20.5. The molecule has 166 valence electrons. The van der Waals surface area contributed by atoms with Crippen molar-refractivity contribution in [2.45, 2.75) is 37.5 Å². The number of nitrogens with two attached hydrogens (primary N) is 1. The monoisotopic (exact) mass is 427 g/mol. The van der Waals surface area contributed by atoms with Gasteiger partial charge in [-0.05, 0) is 74.8 Å². The minimum absolute atomic E-state index is 0.209. The van der Waals surface area contributed by atoms with E-state index in [1.807, 2.05) is 4.68 Å². The number of primary amides is 1. The Kier molecular flexibility index (Phi) is 6.92. The minimum atomic E-state index is -0.530. The second-order valence-electron chi connectivity index (χ2n) is 8.85. The number of aromatic nitrogens is 2. The van der Waals surface area contributed by atoms with Crippen LogP contribution >= 0.6 is 0 Å². The van der Waals surface area contributed by atoms with E-state index in [1.165, 1.54) is 31.4 Å². The number of anilines is 2. The molecular formula is C22H31BFN5O2. The largest absolute Gasteiger partial charge is 0.381 e. The molecule has 31 heavy (non-hydrogen) atoms. The number of carbonyl (C=O) groups is 1. The third-order valence-electron chi connectivity index (χ3n) is 6.58. The molecule has 2 aromatic rings. The first kappa shape index (κ1) is 21.8. The molecule has 7 nitrogen and oxygen atoms in total. The summed E-state index contributed by atoms with van der Waals surface area (Å²) in [6.07, 6.45) is 6.32. The molecule has 2 aliphatic heterocycles. The SMILES string of the molecule is B[C@@H]1CN(CCC2CCOCC2)CCC1n1cc(C(N)=O)c(Nc2ccc(F)cc2)n1. The van der Waals surface area contributed by atoms with Crippen LogP contribution in [0.15, 0.2) is 30.5 Å². The highest BCUT2D eigenvalue weighted by molar-refractivity contribution is 6.12. The molecule has 2 saturated heterocycles. The van der Waals surface area contributed by atoms with Crippen molar-refractivity contribution in [3.05, 3.63) is 41.8 Å². The van der Waals surface area contributed by atoms with E-state index in [0.717, 1.165) is 45.2 Å². The lowest BCUT2D eigenvalue weighted by atomic mass is 9.76. The molecule has 4 rings (SSSR count). The van der Waals surface area contributed by atoms with Gasteiger partial charge in [0.1, 0.15) is 19.2 Å². The summed E-state index contributed by atoms with van der Waals surface area (Å²) in [4.78, 5) is 14.5. The average molecular weight is 427 g/mol. The van der Waals surface area contributed by atoms with Crippen molar-refractivity contribution in [1.82, 2.24) is 14.7 Å². The molecule has 0 bridgehead atoms. The fourth-order valence-electron chi connectivity index (χ4n) is 4.72. The Labute approximate surface area is 183 Å². The van der Waals surface area contributed by atoms with Gasteiger partial charge in [0.2, 0.25) is 0 Å². The number of amides is 1. The van der Waals surface area contributed by atoms with Crippen LogP contribution in [0.3, 0.4) is 0 Å². The minimum Gasteiger partial charge on any atom is -0.381 e. The van der Waals surface area contributed by atoms with Gasteiger partial charge in [-0.2, -0.15) is 5.10 Å². The fourth-order valence-corrected chi connectivity index (χ4v) is 4.72. The van der Waals surface area contributed by atoms with Gasteiger partial charge < -0.3 is 20.7 Å². The van der Waals surface area contributed by atoms with Crippen molar-refractivity contribution < 1.29 is 13.9 Å². The van der Waals surface area contributed by atoms with Crippen molar-refractivity contribution in [1.29, 1.82) is 0 Å². The molecule has 2 atom stereocenters. The molecule has 0 aliphatic carbocycles. The molecule has 3 heterocycles. The Morgan fingerprint density at radius 1 is 1.26 bits per heavy atom. The van der Waals surface area contributed by atoms with Crippen LogP contribution in [0, 0.1) is 11.7 Å². The molecule has 9 heteroatoms. The smallest absolute Gasteiger partial charge is 0.254 e. The van der Waals surface area contributed by atoms with Gasteiger partial charge in [0.15, 0.2) is 5.82 Å². The van der Waals surface area contributed by atoms with Crippen LogP contribution in [0.2, 0.25) is 5.82 Å². The number of ether oxygens (including phenoxy) is 1. The van der Waals surface area contributed by atoms with E-state index in [0.29, 0.717) is 22.9 Å². The Morgan fingerprint density at radius 2 is 2.00 bits per heavy atom. The first-order chi connectivity index (χ1) is 15.0. The highest BCUT2D eigenvalue weighted by atomic mass is 19.1. The molecule has 0 radical (unpaired) electrons. The lowest BCUT2D eigenvalue weighted by Crippen LogP contribution is -2.40. The summed E-state index contributed by atoms with van der Waals surface area (Å²) in [5, 5.41) is 7.75. The molecule has 2 fully saturated rings. The van der Waals surface area contributed by atoms with E-state index in [2.05, 4.69) is 23.2 Å². The third kappa shape index (κ3) is 5.46. The lowest BCUT2D eigenvalue weighted by molar-refractivity contribution is 0.0582. The van der Waals surface area contributed by atoms with E-state index < -0.39 is 5.91 Å². The van der Waals surface area contributed by atoms with E-state index in [4.69, 9.17) is 10.5 Å². The summed E-state index contributed by atoms with van der Waals surface area (Å²) in [5.41, 5.74) is 6.60. The highest BCUT2D eigenvalue weighted by Gasteiger charge is 2.29. The zero-order valence-electron chi connectivity index (χ0n) is 18.1. The maximum atomic E-state index is 13.2. The second-order valence-corrected chi connectivity index (χ2v) is 8.85. The summed E-state index contributed by atoms with van der Waals surface area (Å²) in [7, 11) is 2.24. The standard InChI is InChI=1S/C22H31BFN5O2/c23-19-14-28(9-5-15-7-11-31-12-8-15)10-6-20(19)29-13-18(21(25)30)22(27-29)26-17-3-1-16(24)2-4-17/h1-4,13,15,19-20H,5-12,14,23H2,(H2,25,30)(H,26,27)/t19-,20?/m1/s1. The third-order valence-corrected chi connectivity index (χ3v) is 6.58. The number of hydrogen-bond donors (Lipinski definition) is 2. The van der Waals surface area contributed by atoms with Crippen LogP contribution in [-0.4, -0.2) is 61.3 Å². The molecule has 3 N–H and O–H groups in total. The van der Waals surface area contributed by atoms with Crippen LogP contribution < -0.4 is 11.1 Å². The Hall–Kier alpha value is -2.39. The van der Waals surface area contributed by atoms with E-state index in [9.17, 15) is 9.18 Å². The second kappa shape index (κ2) is 9.83. The van der Waals surface area contributed by atoms with Crippen molar-refractivity contribution in [2.75, 3.05) is 38.2 Å². The normalized spacial score (nSPS) is 23.0. The van der Waals surface area contributed by atoms with Crippen LogP contribution in [0.5, 0.6) is 0 Å². The number of rotatable bonds is 7. The number of carbonyl (C=O) groups excluding carboxylic acids is 1. The van der Waals surface area contributed by atoms with Gasteiger partial charge in [0, 0.05) is 31.6 Å². The number of hydrogen-bond acceptors (Lipinski definition) is 5. The van der Waals surface area contributed by atoms with Gasteiger partial charge >= 0.3 is 0 Å². The molecule has 1 aromatic carbocycles. The lowest BCUT2D eigenvalue weighted by Gasteiger charge is -2.38. The van der Waals surface area contributed by atoms with Crippen LogP contribution in [0.25, 0.3) is 0 Å².